The van der Waals surface area contributed by atoms with Crippen molar-refractivity contribution in [1.29, 1.82) is 0 Å². The van der Waals surface area contributed by atoms with Gasteiger partial charge < -0.3 is 5.11 Å². The third kappa shape index (κ3) is 2.87. The summed E-state index contributed by atoms with van der Waals surface area (Å²) < 4.78 is 0. The second-order valence-corrected chi connectivity index (χ2v) is 5.69. The number of halogens is 1. The first-order valence-corrected chi connectivity index (χ1v) is 7.64. The Hall–Kier alpha value is -2.53. The molecule has 0 aromatic heterocycles. The van der Waals surface area contributed by atoms with Crippen LogP contribution in [0.1, 0.15) is 11.1 Å². The van der Waals surface area contributed by atoms with E-state index in [1.807, 2.05) is 78.9 Å². The van der Waals surface area contributed by atoms with Crippen LogP contribution in [-0.4, -0.2) is 5.11 Å². The zero-order valence-electron chi connectivity index (χ0n) is 12.4. The van der Waals surface area contributed by atoms with Gasteiger partial charge in [-0.15, -0.1) is 6.42 Å². The molecule has 1 unspecified atom stereocenters. The molecule has 1 atom stereocenters. The molecule has 0 heterocycles. The highest BCUT2D eigenvalue weighted by Crippen LogP contribution is 2.32. The number of aliphatic hydroxyl groups is 1. The SMILES string of the molecule is C#CC(O)(c1ccccc1)c1ccc(-c2ccccc2Cl)cc1. The summed E-state index contributed by atoms with van der Waals surface area (Å²) in [7, 11) is 0. The Morgan fingerprint density at radius 3 is 1.96 bits per heavy atom. The van der Waals surface area contributed by atoms with Crippen LogP contribution >= 0.6 is 11.6 Å². The average molecular weight is 319 g/mol. The maximum atomic E-state index is 10.9. The lowest BCUT2D eigenvalue weighted by Gasteiger charge is -2.23. The van der Waals surface area contributed by atoms with E-state index < -0.39 is 5.60 Å². The van der Waals surface area contributed by atoms with E-state index in [0.717, 1.165) is 11.1 Å². The van der Waals surface area contributed by atoms with E-state index in [-0.39, 0.29) is 0 Å². The van der Waals surface area contributed by atoms with Gasteiger partial charge in [-0.1, -0.05) is 90.3 Å². The third-order valence-corrected chi connectivity index (χ3v) is 4.22. The number of rotatable bonds is 3. The predicted octanol–water partition coefficient (Wildman–Crippen LogP) is 4.88. The van der Waals surface area contributed by atoms with E-state index in [1.54, 1.807) is 0 Å². The van der Waals surface area contributed by atoms with E-state index in [2.05, 4.69) is 5.92 Å². The Bertz CT molecular complexity index is 847. The molecule has 3 rings (SSSR count). The number of benzene rings is 3. The molecule has 2 heteroatoms. The van der Waals surface area contributed by atoms with Crippen molar-refractivity contribution in [1.82, 2.24) is 0 Å². The fraction of sp³-hybridized carbons (Fsp3) is 0.0476. The van der Waals surface area contributed by atoms with E-state index in [0.29, 0.717) is 16.1 Å². The molecule has 0 radical (unpaired) electrons. The van der Waals surface area contributed by atoms with Crippen molar-refractivity contribution < 1.29 is 5.11 Å². The summed E-state index contributed by atoms with van der Waals surface area (Å²) in [5, 5.41) is 11.6. The third-order valence-electron chi connectivity index (χ3n) is 3.89. The van der Waals surface area contributed by atoms with Crippen LogP contribution in [0.3, 0.4) is 0 Å². The van der Waals surface area contributed by atoms with E-state index >= 15 is 0 Å². The van der Waals surface area contributed by atoms with Crippen molar-refractivity contribution in [3.63, 3.8) is 0 Å². The molecule has 1 nitrogen and oxygen atoms in total. The number of terminal acetylenes is 1. The van der Waals surface area contributed by atoms with Crippen LogP contribution in [-0.2, 0) is 5.60 Å². The summed E-state index contributed by atoms with van der Waals surface area (Å²) in [5.74, 6) is 2.51. The van der Waals surface area contributed by atoms with Gasteiger partial charge in [-0.25, -0.2) is 0 Å². The van der Waals surface area contributed by atoms with Crippen LogP contribution < -0.4 is 0 Å². The van der Waals surface area contributed by atoms with Crippen molar-refractivity contribution >= 4 is 11.6 Å². The smallest absolute Gasteiger partial charge is 0.176 e. The van der Waals surface area contributed by atoms with Gasteiger partial charge in [-0.3, -0.25) is 0 Å². The molecule has 0 fully saturated rings. The zero-order valence-corrected chi connectivity index (χ0v) is 13.2. The largest absolute Gasteiger partial charge is 0.369 e. The maximum absolute atomic E-state index is 10.9. The summed E-state index contributed by atoms with van der Waals surface area (Å²) in [6.07, 6.45) is 5.62. The average Bonchev–Trinajstić information content (AvgIpc) is 2.62. The topological polar surface area (TPSA) is 20.2 Å². The summed E-state index contributed by atoms with van der Waals surface area (Å²) in [4.78, 5) is 0. The Morgan fingerprint density at radius 1 is 0.783 bits per heavy atom. The molecular formula is C21H15ClO. The van der Waals surface area contributed by atoms with E-state index in [4.69, 9.17) is 18.0 Å². The van der Waals surface area contributed by atoms with Crippen LogP contribution in [0.5, 0.6) is 0 Å². The highest BCUT2D eigenvalue weighted by atomic mass is 35.5. The minimum absolute atomic E-state index is 0.655. The quantitative estimate of drug-likeness (QED) is 0.683. The minimum Gasteiger partial charge on any atom is -0.369 e. The van der Waals surface area contributed by atoms with Crippen molar-refractivity contribution in [2.45, 2.75) is 5.60 Å². The van der Waals surface area contributed by atoms with Gasteiger partial charge in [-0.05, 0) is 11.6 Å². The van der Waals surface area contributed by atoms with Crippen molar-refractivity contribution in [2.75, 3.05) is 0 Å². The fourth-order valence-corrected chi connectivity index (χ4v) is 2.84. The first-order chi connectivity index (χ1) is 11.1. The molecule has 0 spiro atoms. The lowest BCUT2D eigenvalue weighted by atomic mass is 9.86. The highest BCUT2D eigenvalue weighted by molar-refractivity contribution is 6.33. The lowest BCUT2D eigenvalue weighted by molar-refractivity contribution is 0.145. The van der Waals surface area contributed by atoms with E-state index in [1.165, 1.54) is 0 Å². The minimum atomic E-state index is -1.44. The predicted molar refractivity (Wildman–Crippen MR) is 95.2 cm³/mol. The Balaban J connectivity index is 2.02. The zero-order chi connectivity index (χ0) is 16.3. The maximum Gasteiger partial charge on any atom is 0.176 e. The molecule has 1 N–H and O–H groups in total. The Kier molecular flexibility index (Phi) is 4.21. The standard InChI is InChI=1S/C21H15ClO/c1-2-21(23,17-8-4-3-5-9-17)18-14-12-16(13-15-18)19-10-6-7-11-20(19)22/h1,3-15,23H. The van der Waals surface area contributed by atoms with Crippen molar-refractivity contribution in [3.8, 4) is 23.5 Å². The molecule has 0 aliphatic carbocycles. The summed E-state index contributed by atoms with van der Waals surface area (Å²) >= 11 is 6.23. The number of hydrogen-bond donors (Lipinski definition) is 1. The summed E-state index contributed by atoms with van der Waals surface area (Å²) in [6, 6.07) is 24.4. The van der Waals surface area contributed by atoms with Gasteiger partial charge in [0, 0.05) is 21.7 Å². The second-order valence-electron chi connectivity index (χ2n) is 5.28. The molecular weight excluding hydrogens is 304 g/mol. The van der Waals surface area contributed by atoms with Crippen LogP contribution in [0.2, 0.25) is 5.02 Å². The van der Waals surface area contributed by atoms with Gasteiger partial charge in [0.05, 0.1) is 0 Å². The van der Waals surface area contributed by atoms with Gasteiger partial charge in [0.2, 0.25) is 0 Å². The molecule has 0 aliphatic rings. The number of hydrogen-bond acceptors (Lipinski definition) is 1. The second kappa shape index (κ2) is 6.30. The van der Waals surface area contributed by atoms with Crippen molar-refractivity contribution in [2.24, 2.45) is 0 Å². The summed E-state index contributed by atoms with van der Waals surface area (Å²) in [5.41, 5.74) is 1.81. The fourth-order valence-electron chi connectivity index (χ4n) is 2.60. The molecule has 23 heavy (non-hydrogen) atoms. The van der Waals surface area contributed by atoms with Gasteiger partial charge in [0.25, 0.3) is 0 Å². The normalized spacial score (nSPS) is 13.1. The van der Waals surface area contributed by atoms with Crippen LogP contribution in [0.4, 0.5) is 0 Å². The Morgan fingerprint density at radius 2 is 1.35 bits per heavy atom. The van der Waals surface area contributed by atoms with E-state index in [9.17, 15) is 5.11 Å². The lowest BCUT2D eigenvalue weighted by Crippen LogP contribution is -2.24. The molecule has 0 aliphatic heterocycles. The summed E-state index contributed by atoms with van der Waals surface area (Å²) in [6.45, 7) is 0. The van der Waals surface area contributed by atoms with Crippen LogP contribution in [0.15, 0.2) is 78.9 Å². The molecule has 0 saturated heterocycles. The van der Waals surface area contributed by atoms with Crippen LogP contribution in [0.25, 0.3) is 11.1 Å². The van der Waals surface area contributed by atoms with Gasteiger partial charge >= 0.3 is 0 Å². The molecule has 112 valence electrons. The Labute approximate surface area is 141 Å². The molecule has 3 aromatic rings. The van der Waals surface area contributed by atoms with Crippen LogP contribution in [0, 0.1) is 12.3 Å². The van der Waals surface area contributed by atoms with Crippen molar-refractivity contribution in [3.05, 3.63) is 95.0 Å². The first kappa shape index (κ1) is 15.4. The highest BCUT2D eigenvalue weighted by Gasteiger charge is 2.28. The van der Waals surface area contributed by atoms with Gasteiger partial charge in [0.1, 0.15) is 0 Å². The monoisotopic (exact) mass is 318 g/mol. The van der Waals surface area contributed by atoms with Gasteiger partial charge in [0.15, 0.2) is 5.60 Å². The molecule has 0 saturated carbocycles. The molecule has 0 bridgehead atoms. The van der Waals surface area contributed by atoms with Gasteiger partial charge in [-0.2, -0.15) is 0 Å². The first-order valence-electron chi connectivity index (χ1n) is 7.26. The molecule has 3 aromatic carbocycles. The molecule has 0 amide bonds.